The van der Waals surface area contributed by atoms with Crippen molar-refractivity contribution in [3.63, 3.8) is 0 Å². The van der Waals surface area contributed by atoms with Crippen LogP contribution in [0.5, 0.6) is 5.75 Å². The molecular formula is C23H36N2O3. The number of nitrogens with zero attached hydrogens (tertiary/aromatic N) is 1. The molecular weight excluding hydrogens is 352 g/mol. The Bertz CT molecular complexity index is 601. The highest BCUT2D eigenvalue weighted by atomic mass is 16.5. The van der Waals surface area contributed by atoms with E-state index in [4.69, 9.17) is 9.47 Å². The zero-order chi connectivity index (χ0) is 19.8. The first kappa shape index (κ1) is 21.1. The fourth-order valence-electron chi connectivity index (χ4n) is 4.28. The lowest BCUT2D eigenvalue weighted by Crippen LogP contribution is -2.44. The maximum atomic E-state index is 12.9. The quantitative estimate of drug-likeness (QED) is 0.700. The summed E-state index contributed by atoms with van der Waals surface area (Å²) in [5.41, 5.74) is 0.112. The Morgan fingerprint density at radius 1 is 1.11 bits per heavy atom. The van der Waals surface area contributed by atoms with Gasteiger partial charge in [0, 0.05) is 19.3 Å². The highest BCUT2D eigenvalue weighted by Crippen LogP contribution is 2.31. The maximum Gasteiger partial charge on any atom is 0.256 e. The van der Waals surface area contributed by atoms with Gasteiger partial charge in [-0.2, -0.15) is 0 Å². The van der Waals surface area contributed by atoms with Crippen LogP contribution in [0.2, 0.25) is 0 Å². The molecule has 0 aromatic heterocycles. The molecule has 1 N–H and O–H groups in total. The van der Waals surface area contributed by atoms with Gasteiger partial charge in [0.15, 0.2) is 0 Å². The predicted molar refractivity (Wildman–Crippen MR) is 113 cm³/mol. The van der Waals surface area contributed by atoms with E-state index in [1.54, 1.807) is 7.11 Å². The van der Waals surface area contributed by atoms with Gasteiger partial charge < -0.3 is 14.8 Å². The second kappa shape index (κ2) is 10.3. The minimum Gasteiger partial charge on any atom is -0.492 e. The van der Waals surface area contributed by atoms with Gasteiger partial charge in [-0.3, -0.25) is 9.69 Å². The van der Waals surface area contributed by atoms with Crippen molar-refractivity contribution in [2.24, 2.45) is 5.92 Å². The molecule has 1 aliphatic heterocycles. The van der Waals surface area contributed by atoms with E-state index in [0.29, 0.717) is 6.61 Å². The molecule has 1 saturated carbocycles. The molecule has 2 fully saturated rings. The van der Waals surface area contributed by atoms with Gasteiger partial charge in [-0.1, -0.05) is 32.6 Å². The van der Waals surface area contributed by atoms with E-state index in [-0.39, 0.29) is 5.91 Å². The smallest absolute Gasteiger partial charge is 0.256 e. The second-order valence-corrected chi connectivity index (χ2v) is 8.46. The van der Waals surface area contributed by atoms with Crippen LogP contribution in [0.3, 0.4) is 0 Å². The number of nitrogens with one attached hydrogen (secondary N) is 1. The lowest BCUT2D eigenvalue weighted by atomic mass is 9.93. The molecule has 0 radical (unpaired) electrons. The second-order valence-electron chi connectivity index (χ2n) is 8.46. The van der Waals surface area contributed by atoms with E-state index in [1.807, 2.05) is 24.3 Å². The van der Waals surface area contributed by atoms with Gasteiger partial charge in [0.1, 0.15) is 18.0 Å². The number of carbonyl (C=O) groups excluding carboxylic acids is 1. The van der Waals surface area contributed by atoms with Gasteiger partial charge in [-0.05, 0) is 69.0 Å². The molecule has 5 heteroatoms. The number of methoxy groups -OCH3 is 1. The Balaban J connectivity index is 1.46. The Labute approximate surface area is 169 Å². The largest absolute Gasteiger partial charge is 0.492 e. The topological polar surface area (TPSA) is 50.8 Å². The monoisotopic (exact) mass is 388 g/mol. The van der Waals surface area contributed by atoms with Gasteiger partial charge in [0.05, 0.1) is 0 Å². The molecule has 1 heterocycles. The third-order valence-corrected chi connectivity index (χ3v) is 6.38. The standard InChI is InChI=1S/C23H36N2O3/c1-19-11-15-25(16-12-19)17-18-28-21-9-7-20(8-10-21)24-22(26)23(27-2)13-5-3-4-6-14-23/h7-10,19H,3-6,11-18H2,1-2H3,(H,24,26). The summed E-state index contributed by atoms with van der Waals surface area (Å²) in [7, 11) is 1.66. The number of rotatable bonds is 7. The third-order valence-electron chi connectivity index (χ3n) is 6.38. The van der Waals surface area contributed by atoms with Crippen molar-refractivity contribution in [3.8, 4) is 5.75 Å². The van der Waals surface area contributed by atoms with E-state index in [0.717, 1.165) is 49.6 Å². The van der Waals surface area contributed by atoms with Crippen molar-refractivity contribution in [3.05, 3.63) is 24.3 Å². The number of hydrogen-bond donors (Lipinski definition) is 1. The summed E-state index contributed by atoms with van der Waals surface area (Å²) in [6.45, 7) is 6.36. The molecule has 0 atom stereocenters. The van der Waals surface area contributed by atoms with Gasteiger partial charge in [-0.15, -0.1) is 0 Å². The number of benzene rings is 1. The molecule has 0 unspecified atom stereocenters. The average Bonchev–Trinajstić information content (AvgIpc) is 2.97. The molecule has 5 nitrogen and oxygen atoms in total. The Hall–Kier alpha value is -1.59. The number of likely N-dealkylation sites (tertiary alicyclic amines) is 1. The molecule has 1 amide bonds. The first-order chi connectivity index (χ1) is 13.6. The molecule has 28 heavy (non-hydrogen) atoms. The summed E-state index contributed by atoms with van der Waals surface area (Å²) in [5, 5.41) is 3.04. The highest BCUT2D eigenvalue weighted by Gasteiger charge is 2.38. The van der Waals surface area contributed by atoms with Crippen LogP contribution in [-0.4, -0.2) is 49.8 Å². The first-order valence-electron chi connectivity index (χ1n) is 10.9. The molecule has 1 aromatic rings. The molecule has 1 aromatic carbocycles. The SMILES string of the molecule is COC1(C(=O)Nc2ccc(OCCN3CCC(C)CC3)cc2)CCCCCC1. The van der Waals surface area contributed by atoms with Gasteiger partial charge in [0.2, 0.25) is 0 Å². The van der Waals surface area contributed by atoms with Crippen molar-refractivity contribution in [2.75, 3.05) is 38.7 Å². The average molecular weight is 389 g/mol. The minimum atomic E-state index is -0.683. The summed E-state index contributed by atoms with van der Waals surface area (Å²) in [6, 6.07) is 7.69. The van der Waals surface area contributed by atoms with Crippen molar-refractivity contribution in [1.29, 1.82) is 0 Å². The zero-order valence-electron chi connectivity index (χ0n) is 17.5. The molecule has 3 rings (SSSR count). The van der Waals surface area contributed by atoms with E-state index < -0.39 is 5.60 Å². The Kier molecular flexibility index (Phi) is 7.74. The van der Waals surface area contributed by atoms with Gasteiger partial charge in [0.25, 0.3) is 5.91 Å². The van der Waals surface area contributed by atoms with Gasteiger partial charge in [-0.25, -0.2) is 0 Å². The van der Waals surface area contributed by atoms with Crippen LogP contribution in [0, 0.1) is 5.92 Å². The van der Waals surface area contributed by atoms with Crippen LogP contribution >= 0.6 is 0 Å². The predicted octanol–water partition coefficient (Wildman–Crippen LogP) is 4.48. The van der Waals surface area contributed by atoms with E-state index in [9.17, 15) is 4.79 Å². The minimum absolute atomic E-state index is 0.0232. The molecule has 0 spiro atoms. The zero-order valence-corrected chi connectivity index (χ0v) is 17.5. The van der Waals surface area contributed by atoms with Crippen LogP contribution in [0.25, 0.3) is 0 Å². The summed E-state index contributed by atoms with van der Waals surface area (Å²) in [4.78, 5) is 15.3. The van der Waals surface area contributed by atoms with Gasteiger partial charge >= 0.3 is 0 Å². The first-order valence-corrected chi connectivity index (χ1v) is 10.9. The summed E-state index contributed by atoms with van der Waals surface area (Å²) in [6.07, 6.45) is 8.63. The molecule has 2 aliphatic rings. The fraction of sp³-hybridized carbons (Fsp3) is 0.696. The lowest BCUT2D eigenvalue weighted by Gasteiger charge is -2.30. The maximum absolute atomic E-state index is 12.9. The van der Waals surface area contributed by atoms with E-state index in [1.165, 1.54) is 38.8 Å². The summed E-state index contributed by atoms with van der Waals surface area (Å²) >= 11 is 0. The molecule has 1 aliphatic carbocycles. The van der Waals surface area contributed by atoms with E-state index in [2.05, 4.69) is 17.1 Å². The number of hydrogen-bond acceptors (Lipinski definition) is 4. The summed E-state index contributed by atoms with van der Waals surface area (Å²) < 4.78 is 11.6. The Morgan fingerprint density at radius 3 is 2.36 bits per heavy atom. The number of piperidine rings is 1. The van der Waals surface area contributed by atoms with Crippen molar-refractivity contribution in [2.45, 2.75) is 63.9 Å². The van der Waals surface area contributed by atoms with E-state index >= 15 is 0 Å². The highest BCUT2D eigenvalue weighted by molar-refractivity contribution is 5.97. The van der Waals surface area contributed by atoms with Crippen molar-refractivity contribution >= 4 is 11.6 Å². The number of amides is 1. The van der Waals surface area contributed by atoms with Crippen molar-refractivity contribution in [1.82, 2.24) is 4.90 Å². The molecule has 156 valence electrons. The Morgan fingerprint density at radius 2 is 1.75 bits per heavy atom. The molecule has 1 saturated heterocycles. The molecule has 0 bridgehead atoms. The van der Waals surface area contributed by atoms with Crippen LogP contribution in [0.1, 0.15) is 58.3 Å². The number of anilines is 1. The van der Waals surface area contributed by atoms with Crippen LogP contribution < -0.4 is 10.1 Å². The van der Waals surface area contributed by atoms with Crippen molar-refractivity contribution < 1.29 is 14.3 Å². The summed E-state index contributed by atoms with van der Waals surface area (Å²) in [5.74, 6) is 1.68. The van der Waals surface area contributed by atoms with Crippen LogP contribution in [0.15, 0.2) is 24.3 Å². The fourth-order valence-corrected chi connectivity index (χ4v) is 4.28. The normalized spacial score (nSPS) is 21.1. The third kappa shape index (κ3) is 5.71. The number of ether oxygens (including phenoxy) is 2. The van der Waals surface area contributed by atoms with Crippen LogP contribution in [-0.2, 0) is 9.53 Å². The van der Waals surface area contributed by atoms with Crippen LogP contribution in [0.4, 0.5) is 5.69 Å². The number of carbonyl (C=O) groups is 1. The lowest BCUT2D eigenvalue weighted by molar-refractivity contribution is -0.139.